The second kappa shape index (κ2) is 12.7. The number of carbonyl (C=O) groups is 2. The van der Waals surface area contributed by atoms with Crippen LogP contribution in [0.5, 0.6) is 5.75 Å². The average molecular weight is 580 g/mol. The molecule has 2 aromatic heterocycles. The number of aromatic nitrogens is 1. The van der Waals surface area contributed by atoms with Crippen molar-refractivity contribution in [3.8, 4) is 34.2 Å². The van der Waals surface area contributed by atoms with Crippen LogP contribution in [0.2, 0.25) is 5.02 Å². The van der Waals surface area contributed by atoms with E-state index >= 15 is 0 Å². The number of halogens is 2. The van der Waals surface area contributed by atoms with Crippen molar-refractivity contribution < 1.29 is 19.1 Å². The fourth-order valence-corrected chi connectivity index (χ4v) is 3.90. The molecule has 0 saturated carbocycles. The number of anilines is 1. The standard InChI is InChI=1S/C29H26ClN5O4.ClH/c1-29(2,15-32)16-33-27(37)18-6-3-5-17(11-18)21-13-23(20-9-8-19(30)12-24(20)36)34-26(22(21)14-31)35-28(38)25-7-4-10-39-25;/h3-13,36H,15-16,32H2,1-2H3,(H,33,37)(H,34,35,38);1H. The molecule has 206 valence electrons. The van der Waals surface area contributed by atoms with Crippen LogP contribution in [0.3, 0.4) is 0 Å². The number of pyridine rings is 1. The third-order valence-electron chi connectivity index (χ3n) is 6.06. The number of rotatable bonds is 8. The molecule has 0 atom stereocenters. The minimum atomic E-state index is -0.608. The number of nitriles is 1. The van der Waals surface area contributed by atoms with Crippen molar-refractivity contribution >= 4 is 41.6 Å². The molecule has 0 radical (unpaired) electrons. The molecule has 0 aliphatic rings. The highest BCUT2D eigenvalue weighted by Gasteiger charge is 2.21. The van der Waals surface area contributed by atoms with Crippen molar-refractivity contribution in [3.05, 3.63) is 88.8 Å². The van der Waals surface area contributed by atoms with Crippen molar-refractivity contribution in [2.24, 2.45) is 11.1 Å². The lowest BCUT2D eigenvalue weighted by molar-refractivity contribution is 0.0937. The number of nitrogens with two attached hydrogens (primary N) is 1. The fourth-order valence-electron chi connectivity index (χ4n) is 3.73. The van der Waals surface area contributed by atoms with E-state index in [9.17, 15) is 20.0 Å². The predicted octanol–water partition coefficient (Wildman–Crippen LogP) is 5.63. The predicted molar refractivity (Wildman–Crippen MR) is 156 cm³/mol. The van der Waals surface area contributed by atoms with E-state index in [0.717, 1.165) is 0 Å². The van der Waals surface area contributed by atoms with Crippen molar-refractivity contribution in [2.75, 3.05) is 18.4 Å². The molecule has 40 heavy (non-hydrogen) atoms. The van der Waals surface area contributed by atoms with Crippen LogP contribution in [-0.2, 0) is 0 Å². The summed E-state index contributed by atoms with van der Waals surface area (Å²) in [7, 11) is 0. The van der Waals surface area contributed by atoms with Crippen molar-refractivity contribution in [1.82, 2.24) is 10.3 Å². The third kappa shape index (κ3) is 6.79. The number of carbonyl (C=O) groups excluding carboxylic acids is 2. The molecule has 0 bridgehead atoms. The lowest BCUT2D eigenvalue weighted by atomic mass is 9.93. The molecule has 2 heterocycles. The maximum atomic E-state index is 12.9. The zero-order valence-corrected chi connectivity index (χ0v) is 23.3. The Kier molecular flexibility index (Phi) is 9.56. The van der Waals surface area contributed by atoms with Crippen molar-refractivity contribution in [1.29, 1.82) is 5.26 Å². The first kappa shape index (κ1) is 30.2. The number of benzene rings is 2. The normalized spacial score (nSPS) is 10.8. The summed E-state index contributed by atoms with van der Waals surface area (Å²) in [6.07, 6.45) is 1.35. The van der Waals surface area contributed by atoms with E-state index in [1.54, 1.807) is 48.5 Å². The van der Waals surface area contributed by atoms with E-state index in [-0.39, 0.29) is 52.3 Å². The molecule has 2 aromatic carbocycles. The van der Waals surface area contributed by atoms with E-state index in [0.29, 0.717) is 40.4 Å². The number of furan rings is 1. The number of aromatic hydroxyl groups is 1. The zero-order valence-electron chi connectivity index (χ0n) is 21.7. The second-order valence-electron chi connectivity index (χ2n) is 9.62. The van der Waals surface area contributed by atoms with Gasteiger partial charge in [0, 0.05) is 28.3 Å². The van der Waals surface area contributed by atoms with E-state index in [4.69, 9.17) is 21.8 Å². The van der Waals surface area contributed by atoms with Gasteiger partial charge in [0.15, 0.2) is 11.6 Å². The van der Waals surface area contributed by atoms with E-state index in [2.05, 4.69) is 21.7 Å². The number of phenols is 1. The molecule has 11 heteroatoms. The Balaban J connectivity index is 0.00000441. The van der Waals surface area contributed by atoms with Crippen LogP contribution >= 0.6 is 24.0 Å². The van der Waals surface area contributed by atoms with Gasteiger partial charge in [-0.3, -0.25) is 9.59 Å². The summed E-state index contributed by atoms with van der Waals surface area (Å²) in [5, 5.41) is 26.5. The first-order valence-corrected chi connectivity index (χ1v) is 12.4. The van der Waals surface area contributed by atoms with Gasteiger partial charge in [-0.15, -0.1) is 12.4 Å². The van der Waals surface area contributed by atoms with Gasteiger partial charge in [0.2, 0.25) is 0 Å². The lowest BCUT2D eigenvalue weighted by Gasteiger charge is -2.22. The van der Waals surface area contributed by atoms with Gasteiger partial charge in [-0.2, -0.15) is 5.26 Å². The minimum absolute atomic E-state index is 0. The van der Waals surface area contributed by atoms with Gasteiger partial charge >= 0.3 is 0 Å². The molecule has 0 aliphatic carbocycles. The molecule has 0 aliphatic heterocycles. The molecule has 9 nitrogen and oxygen atoms in total. The Hall–Kier alpha value is -4.36. The Morgan fingerprint density at radius 2 is 1.88 bits per heavy atom. The zero-order chi connectivity index (χ0) is 28.2. The summed E-state index contributed by atoms with van der Waals surface area (Å²) in [6.45, 7) is 4.69. The second-order valence-corrected chi connectivity index (χ2v) is 10.1. The smallest absolute Gasteiger partial charge is 0.292 e. The molecular weight excluding hydrogens is 553 g/mol. The van der Waals surface area contributed by atoms with Crippen LogP contribution in [0, 0.1) is 16.7 Å². The van der Waals surface area contributed by atoms with E-state index in [1.807, 2.05) is 13.8 Å². The van der Waals surface area contributed by atoms with E-state index in [1.165, 1.54) is 18.4 Å². The topological polar surface area (TPSA) is 154 Å². The Labute approximate surface area is 242 Å². The molecule has 0 spiro atoms. The number of nitrogens with zero attached hydrogens (tertiary/aromatic N) is 2. The maximum Gasteiger partial charge on any atom is 0.292 e. The largest absolute Gasteiger partial charge is 0.507 e. The Morgan fingerprint density at radius 1 is 1.10 bits per heavy atom. The van der Waals surface area contributed by atoms with Crippen LogP contribution in [-0.4, -0.2) is 35.0 Å². The summed E-state index contributed by atoms with van der Waals surface area (Å²) in [5.74, 6) is -1.05. The molecule has 0 fully saturated rings. The number of hydrogen-bond acceptors (Lipinski definition) is 7. The summed E-state index contributed by atoms with van der Waals surface area (Å²) in [4.78, 5) is 30.2. The lowest BCUT2D eigenvalue weighted by Crippen LogP contribution is -2.38. The Bertz CT molecular complexity index is 1580. The summed E-state index contributed by atoms with van der Waals surface area (Å²) < 4.78 is 5.17. The number of nitrogens with one attached hydrogen (secondary N) is 2. The summed E-state index contributed by atoms with van der Waals surface area (Å²) in [6, 6.07) is 18.0. The maximum absolute atomic E-state index is 12.9. The summed E-state index contributed by atoms with van der Waals surface area (Å²) in [5.41, 5.74) is 7.46. The van der Waals surface area contributed by atoms with Gasteiger partial charge in [0.05, 0.1) is 12.0 Å². The van der Waals surface area contributed by atoms with Crippen molar-refractivity contribution in [3.63, 3.8) is 0 Å². The quantitative estimate of drug-likeness (QED) is 0.211. The number of phenolic OH excluding ortho intramolecular Hbond substituents is 1. The van der Waals surface area contributed by atoms with Crippen LogP contribution in [0.15, 0.2) is 71.3 Å². The molecule has 5 N–H and O–H groups in total. The van der Waals surface area contributed by atoms with Crippen LogP contribution in [0.25, 0.3) is 22.4 Å². The number of amides is 2. The highest BCUT2D eigenvalue weighted by Crippen LogP contribution is 2.37. The SMILES string of the molecule is CC(C)(CN)CNC(=O)c1cccc(-c2cc(-c3ccc(Cl)cc3O)nc(NC(=O)c3ccco3)c2C#N)c1.Cl. The number of hydrogen-bond donors (Lipinski definition) is 4. The fraction of sp³-hybridized carbons (Fsp3) is 0.172. The van der Waals surface area contributed by atoms with Gasteiger partial charge in [-0.25, -0.2) is 4.98 Å². The van der Waals surface area contributed by atoms with Crippen LogP contribution in [0.4, 0.5) is 5.82 Å². The van der Waals surface area contributed by atoms with Crippen LogP contribution < -0.4 is 16.4 Å². The average Bonchev–Trinajstić information content (AvgIpc) is 3.47. The molecule has 0 unspecified atom stereocenters. The van der Waals surface area contributed by atoms with Gasteiger partial charge in [-0.05, 0) is 66.1 Å². The van der Waals surface area contributed by atoms with Gasteiger partial charge in [0.1, 0.15) is 17.4 Å². The molecule has 4 rings (SSSR count). The van der Waals surface area contributed by atoms with Gasteiger partial charge in [-0.1, -0.05) is 37.6 Å². The van der Waals surface area contributed by atoms with Gasteiger partial charge in [0.25, 0.3) is 11.8 Å². The molecule has 4 aromatic rings. The minimum Gasteiger partial charge on any atom is -0.507 e. The van der Waals surface area contributed by atoms with E-state index < -0.39 is 5.91 Å². The Morgan fingerprint density at radius 3 is 2.52 bits per heavy atom. The van der Waals surface area contributed by atoms with Crippen LogP contribution in [0.1, 0.15) is 40.3 Å². The van der Waals surface area contributed by atoms with Crippen molar-refractivity contribution in [2.45, 2.75) is 13.8 Å². The highest BCUT2D eigenvalue weighted by molar-refractivity contribution is 6.30. The monoisotopic (exact) mass is 579 g/mol. The highest BCUT2D eigenvalue weighted by atomic mass is 35.5. The molecule has 0 saturated heterocycles. The molecule has 2 amide bonds. The third-order valence-corrected chi connectivity index (χ3v) is 6.29. The first-order valence-electron chi connectivity index (χ1n) is 12.0. The van der Waals surface area contributed by atoms with Gasteiger partial charge < -0.3 is 25.9 Å². The molecular formula is C29H27Cl2N5O4. The summed E-state index contributed by atoms with van der Waals surface area (Å²) >= 11 is 6.01. The first-order chi connectivity index (χ1) is 18.6.